The Morgan fingerprint density at radius 3 is 2.54 bits per heavy atom. The van der Waals surface area contributed by atoms with Crippen LogP contribution in [0.5, 0.6) is 0 Å². The molecular formula is C18H24N4O2. The van der Waals surface area contributed by atoms with Crippen LogP contribution in [0.1, 0.15) is 31.2 Å². The van der Waals surface area contributed by atoms with Crippen LogP contribution in [0.25, 0.3) is 11.4 Å². The van der Waals surface area contributed by atoms with Crippen molar-refractivity contribution in [3.63, 3.8) is 0 Å². The Labute approximate surface area is 142 Å². The lowest BCUT2D eigenvalue weighted by Crippen LogP contribution is -2.48. The molecule has 0 radical (unpaired) electrons. The maximum atomic E-state index is 11.9. The van der Waals surface area contributed by atoms with E-state index < -0.39 is 0 Å². The van der Waals surface area contributed by atoms with Gasteiger partial charge in [0.25, 0.3) is 0 Å². The molecule has 0 N–H and O–H groups in total. The van der Waals surface area contributed by atoms with Gasteiger partial charge >= 0.3 is 0 Å². The van der Waals surface area contributed by atoms with Gasteiger partial charge < -0.3 is 9.42 Å². The molecule has 0 spiro atoms. The molecule has 1 aromatic carbocycles. The number of amides is 1. The molecule has 1 aliphatic rings. The number of piperazine rings is 1. The lowest BCUT2D eigenvalue weighted by molar-refractivity contribution is -0.133. The zero-order valence-corrected chi connectivity index (χ0v) is 14.4. The molecule has 6 nitrogen and oxygen atoms in total. The smallest absolute Gasteiger partial charge is 0.241 e. The second-order valence-electron chi connectivity index (χ2n) is 6.28. The molecule has 0 atom stereocenters. The third-order valence-electron chi connectivity index (χ3n) is 4.33. The van der Waals surface area contributed by atoms with E-state index in [1.165, 1.54) is 5.56 Å². The summed E-state index contributed by atoms with van der Waals surface area (Å²) in [5.74, 6) is 1.51. The summed E-state index contributed by atoms with van der Waals surface area (Å²) in [4.78, 5) is 20.6. The zero-order chi connectivity index (χ0) is 16.9. The van der Waals surface area contributed by atoms with Crippen molar-refractivity contribution in [1.29, 1.82) is 0 Å². The van der Waals surface area contributed by atoms with Crippen molar-refractivity contribution in [2.24, 2.45) is 0 Å². The molecule has 1 amide bonds. The fourth-order valence-corrected chi connectivity index (χ4v) is 2.86. The van der Waals surface area contributed by atoms with Crippen LogP contribution >= 0.6 is 0 Å². The van der Waals surface area contributed by atoms with Crippen molar-refractivity contribution in [1.82, 2.24) is 19.9 Å². The first kappa shape index (κ1) is 16.6. The van der Waals surface area contributed by atoms with E-state index in [0.29, 0.717) is 24.7 Å². The van der Waals surface area contributed by atoms with Gasteiger partial charge in [-0.2, -0.15) is 4.98 Å². The van der Waals surface area contributed by atoms with Crippen LogP contribution in [0, 0.1) is 6.92 Å². The molecule has 2 heterocycles. The molecule has 3 rings (SSSR count). The van der Waals surface area contributed by atoms with Gasteiger partial charge in [0.15, 0.2) is 0 Å². The number of benzene rings is 1. The van der Waals surface area contributed by atoms with E-state index in [-0.39, 0.29) is 5.91 Å². The van der Waals surface area contributed by atoms with Crippen LogP contribution in [0.3, 0.4) is 0 Å². The first-order chi connectivity index (χ1) is 11.7. The van der Waals surface area contributed by atoms with E-state index in [4.69, 9.17) is 4.52 Å². The predicted octanol–water partition coefficient (Wildman–Crippen LogP) is 2.49. The lowest BCUT2D eigenvalue weighted by Gasteiger charge is -2.33. The van der Waals surface area contributed by atoms with E-state index in [2.05, 4.69) is 22.0 Å². The second-order valence-corrected chi connectivity index (χ2v) is 6.28. The highest BCUT2D eigenvalue weighted by Gasteiger charge is 2.22. The van der Waals surface area contributed by atoms with Gasteiger partial charge in [-0.05, 0) is 13.3 Å². The number of hydrogen-bond acceptors (Lipinski definition) is 5. The van der Waals surface area contributed by atoms with E-state index in [1.807, 2.05) is 36.1 Å². The summed E-state index contributed by atoms with van der Waals surface area (Å²) in [5.41, 5.74) is 2.17. The molecule has 0 bridgehead atoms. The monoisotopic (exact) mass is 328 g/mol. The van der Waals surface area contributed by atoms with Gasteiger partial charge in [-0.25, -0.2) is 0 Å². The third kappa shape index (κ3) is 4.00. The molecule has 2 aromatic rings. The third-order valence-corrected chi connectivity index (χ3v) is 4.33. The fourth-order valence-electron chi connectivity index (χ4n) is 2.86. The zero-order valence-electron chi connectivity index (χ0n) is 14.4. The largest absolute Gasteiger partial charge is 0.340 e. The normalized spacial score (nSPS) is 15.7. The minimum atomic E-state index is 0.261. The Hall–Kier alpha value is -2.21. The Kier molecular flexibility index (Phi) is 5.25. The number of rotatable bonds is 5. The summed E-state index contributed by atoms with van der Waals surface area (Å²) < 4.78 is 5.38. The Morgan fingerprint density at radius 2 is 1.88 bits per heavy atom. The summed E-state index contributed by atoms with van der Waals surface area (Å²) in [7, 11) is 0. The lowest BCUT2D eigenvalue weighted by atomic mass is 10.1. The number of carbonyl (C=O) groups excluding carboxylic acids is 1. The topological polar surface area (TPSA) is 62.5 Å². The number of aryl methyl sites for hydroxylation is 1. The Morgan fingerprint density at radius 1 is 1.17 bits per heavy atom. The van der Waals surface area contributed by atoms with Gasteiger partial charge in [0.1, 0.15) is 0 Å². The average molecular weight is 328 g/mol. The van der Waals surface area contributed by atoms with Crippen molar-refractivity contribution in [2.75, 3.05) is 26.2 Å². The molecule has 0 unspecified atom stereocenters. The molecular weight excluding hydrogens is 304 g/mol. The second kappa shape index (κ2) is 7.57. The minimum Gasteiger partial charge on any atom is -0.340 e. The van der Waals surface area contributed by atoms with Gasteiger partial charge in [0.05, 0.1) is 6.54 Å². The van der Waals surface area contributed by atoms with E-state index in [1.54, 1.807) is 0 Å². The summed E-state index contributed by atoms with van der Waals surface area (Å²) >= 11 is 0. The first-order valence-corrected chi connectivity index (χ1v) is 8.55. The van der Waals surface area contributed by atoms with Gasteiger partial charge in [-0.3, -0.25) is 9.69 Å². The summed E-state index contributed by atoms with van der Waals surface area (Å²) in [5, 5.41) is 4.07. The van der Waals surface area contributed by atoms with Crippen LogP contribution in [0.15, 0.2) is 28.8 Å². The first-order valence-electron chi connectivity index (χ1n) is 8.55. The molecule has 1 fully saturated rings. The van der Waals surface area contributed by atoms with E-state index in [9.17, 15) is 4.79 Å². The van der Waals surface area contributed by atoms with Crippen molar-refractivity contribution >= 4 is 5.91 Å². The van der Waals surface area contributed by atoms with Gasteiger partial charge in [0, 0.05) is 38.2 Å². The minimum absolute atomic E-state index is 0.261. The molecule has 6 heteroatoms. The summed E-state index contributed by atoms with van der Waals surface area (Å²) in [6.07, 6.45) is 1.55. The van der Waals surface area contributed by atoms with Crippen LogP contribution in [0.4, 0.5) is 0 Å². The quantitative estimate of drug-likeness (QED) is 0.844. The average Bonchev–Trinajstić information content (AvgIpc) is 3.05. The molecule has 128 valence electrons. The van der Waals surface area contributed by atoms with Crippen molar-refractivity contribution in [3.8, 4) is 11.4 Å². The Balaban J connectivity index is 1.54. The molecule has 1 aliphatic heterocycles. The van der Waals surface area contributed by atoms with E-state index in [0.717, 1.165) is 38.2 Å². The van der Waals surface area contributed by atoms with Crippen molar-refractivity contribution < 1.29 is 9.32 Å². The van der Waals surface area contributed by atoms with E-state index >= 15 is 0 Å². The number of carbonyl (C=O) groups is 1. The number of nitrogens with zero attached hydrogens (tertiary/aromatic N) is 4. The summed E-state index contributed by atoms with van der Waals surface area (Å²) in [6.45, 7) is 7.96. The van der Waals surface area contributed by atoms with Gasteiger partial charge in [0.2, 0.25) is 17.6 Å². The molecule has 1 aromatic heterocycles. The highest BCUT2D eigenvalue weighted by Crippen LogP contribution is 2.17. The van der Waals surface area contributed by atoms with Gasteiger partial charge in [-0.1, -0.05) is 41.9 Å². The predicted molar refractivity (Wildman–Crippen MR) is 91.2 cm³/mol. The summed E-state index contributed by atoms with van der Waals surface area (Å²) in [6, 6.07) is 8.08. The van der Waals surface area contributed by atoms with Crippen molar-refractivity contribution in [2.45, 2.75) is 33.2 Å². The highest BCUT2D eigenvalue weighted by atomic mass is 16.5. The van der Waals surface area contributed by atoms with Crippen LogP contribution in [0.2, 0.25) is 0 Å². The van der Waals surface area contributed by atoms with Crippen LogP contribution in [-0.2, 0) is 11.3 Å². The van der Waals surface area contributed by atoms with Crippen molar-refractivity contribution in [3.05, 3.63) is 35.7 Å². The molecule has 24 heavy (non-hydrogen) atoms. The van der Waals surface area contributed by atoms with Crippen LogP contribution < -0.4 is 0 Å². The SMILES string of the molecule is CCCC(=O)N1CCN(Cc2nc(-c3ccc(C)cc3)no2)CC1. The maximum absolute atomic E-state index is 11.9. The highest BCUT2D eigenvalue weighted by molar-refractivity contribution is 5.76. The standard InChI is InChI=1S/C18H24N4O2/c1-3-4-17(23)22-11-9-21(10-12-22)13-16-19-18(20-24-16)15-7-5-14(2)6-8-15/h5-8H,3-4,9-13H2,1-2H3. The fraction of sp³-hybridized carbons (Fsp3) is 0.500. The number of hydrogen-bond donors (Lipinski definition) is 0. The Bertz CT molecular complexity index is 673. The van der Waals surface area contributed by atoms with Crippen LogP contribution in [-0.4, -0.2) is 52.0 Å². The maximum Gasteiger partial charge on any atom is 0.241 e. The molecule has 1 saturated heterocycles. The molecule has 0 aliphatic carbocycles. The van der Waals surface area contributed by atoms with Gasteiger partial charge in [-0.15, -0.1) is 0 Å². The number of aromatic nitrogens is 2. The molecule has 0 saturated carbocycles.